The van der Waals surface area contributed by atoms with Gasteiger partial charge >= 0.3 is 0 Å². The van der Waals surface area contributed by atoms with Crippen LogP contribution in [0.25, 0.3) is 0 Å². The van der Waals surface area contributed by atoms with Gasteiger partial charge < -0.3 is 10.6 Å². The molecule has 0 saturated carbocycles. The lowest BCUT2D eigenvalue weighted by molar-refractivity contribution is -0.116. The number of aryl methyl sites for hydroxylation is 2. The lowest BCUT2D eigenvalue weighted by atomic mass is 10.0. The van der Waals surface area contributed by atoms with Crippen molar-refractivity contribution in [3.05, 3.63) is 35.7 Å². The molecule has 0 atom stereocenters. The topological polar surface area (TPSA) is 71.8 Å². The number of nitrogens with one attached hydrogen (secondary N) is 2. The number of amides is 1. The van der Waals surface area contributed by atoms with Gasteiger partial charge in [-0.25, -0.2) is 0 Å². The molecule has 19 heavy (non-hydrogen) atoms. The van der Waals surface area contributed by atoms with Gasteiger partial charge in [-0.2, -0.15) is 0 Å². The molecule has 1 aromatic carbocycles. The van der Waals surface area contributed by atoms with E-state index in [0.29, 0.717) is 13.0 Å². The number of hydrogen-bond acceptors (Lipinski definition) is 4. The first-order valence-corrected chi connectivity index (χ1v) is 6.22. The van der Waals surface area contributed by atoms with Gasteiger partial charge in [0, 0.05) is 31.0 Å². The van der Waals surface area contributed by atoms with Crippen LogP contribution < -0.4 is 10.6 Å². The summed E-state index contributed by atoms with van der Waals surface area (Å²) in [5.41, 5.74) is 4.01. The number of carbonyl (C=O) groups is 1. The average molecular weight is 257 g/mol. The molecule has 0 fully saturated rings. The summed E-state index contributed by atoms with van der Waals surface area (Å²) in [5, 5.41) is 14.1. The Hall–Kier alpha value is -2.37. The van der Waals surface area contributed by atoms with Gasteiger partial charge in [0.25, 0.3) is 0 Å². The molecule has 0 spiro atoms. The van der Waals surface area contributed by atoms with Crippen LogP contribution in [0, 0.1) is 0 Å². The second-order valence-corrected chi connectivity index (χ2v) is 4.66. The van der Waals surface area contributed by atoms with Crippen molar-refractivity contribution in [1.82, 2.24) is 15.0 Å². The van der Waals surface area contributed by atoms with Crippen molar-refractivity contribution in [1.29, 1.82) is 0 Å². The van der Waals surface area contributed by atoms with Crippen molar-refractivity contribution < 1.29 is 4.79 Å². The van der Waals surface area contributed by atoms with Crippen LogP contribution in [-0.2, 0) is 24.8 Å². The summed E-state index contributed by atoms with van der Waals surface area (Å²) in [6, 6.07) is 5.97. The Morgan fingerprint density at radius 3 is 3.11 bits per heavy atom. The Labute approximate surface area is 110 Å². The highest BCUT2D eigenvalue weighted by atomic mass is 16.1. The second kappa shape index (κ2) is 4.72. The number of nitrogens with zero attached hydrogens (tertiary/aromatic N) is 3. The van der Waals surface area contributed by atoms with E-state index in [9.17, 15) is 4.79 Å². The highest BCUT2D eigenvalue weighted by molar-refractivity contribution is 5.94. The summed E-state index contributed by atoms with van der Waals surface area (Å²) in [4.78, 5) is 11.3. The number of benzene rings is 1. The quantitative estimate of drug-likeness (QED) is 0.869. The molecule has 1 aliphatic rings. The Kier molecular flexibility index (Phi) is 2.91. The van der Waals surface area contributed by atoms with E-state index in [-0.39, 0.29) is 5.91 Å². The second-order valence-electron chi connectivity index (χ2n) is 4.66. The van der Waals surface area contributed by atoms with Crippen LogP contribution in [-0.4, -0.2) is 20.9 Å². The summed E-state index contributed by atoms with van der Waals surface area (Å²) >= 11 is 0. The molecule has 0 aliphatic carbocycles. The molecule has 1 aliphatic heterocycles. The number of anilines is 2. The SMILES string of the molecule is Cn1cc(CNc2ccc3c(c2)CCC(=O)N3)nn1. The zero-order chi connectivity index (χ0) is 13.2. The van der Waals surface area contributed by atoms with E-state index in [1.807, 2.05) is 25.4 Å². The molecule has 0 unspecified atom stereocenters. The van der Waals surface area contributed by atoms with Gasteiger partial charge in [-0.05, 0) is 30.2 Å². The fourth-order valence-electron chi connectivity index (χ4n) is 2.16. The van der Waals surface area contributed by atoms with Crippen molar-refractivity contribution in [3.8, 4) is 0 Å². The summed E-state index contributed by atoms with van der Waals surface area (Å²) < 4.78 is 1.68. The largest absolute Gasteiger partial charge is 0.379 e. The van der Waals surface area contributed by atoms with Crippen molar-refractivity contribution in [2.24, 2.45) is 7.05 Å². The van der Waals surface area contributed by atoms with E-state index in [1.54, 1.807) is 4.68 Å². The first kappa shape index (κ1) is 11.7. The molecule has 1 aromatic heterocycles. The van der Waals surface area contributed by atoms with E-state index in [4.69, 9.17) is 0 Å². The maximum Gasteiger partial charge on any atom is 0.224 e. The third kappa shape index (κ3) is 2.57. The Balaban J connectivity index is 1.70. The third-order valence-electron chi connectivity index (χ3n) is 3.12. The van der Waals surface area contributed by atoms with Crippen molar-refractivity contribution in [2.75, 3.05) is 10.6 Å². The minimum absolute atomic E-state index is 0.0905. The van der Waals surface area contributed by atoms with Crippen LogP contribution in [0.4, 0.5) is 11.4 Å². The highest BCUT2D eigenvalue weighted by Gasteiger charge is 2.14. The predicted molar refractivity (Wildman–Crippen MR) is 71.7 cm³/mol. The molecule has 2 heterocycles. The van der Waals surface area contributed by atoms with Crippen molar-refractivity contribution in [3.63, 3.8) is 0 Å². The maximum atomic E-state index is 11.3. The fourth-order valence-corrected chi connectivity index (χ4v) is 2.16. The number of hydrogen-bond donors (Lipinski definition) is 2. The van der Waals surface area contributed by atoms with Crippen LogP contribution in [0.1, 0.15) is 17.7 Å². The lowest BCUT2D eigenvalue weighted by Gasteiger charge is -2.17. The van der Waals surface area contributed by atoms with E-state index >= 15 is 0 Å². The number of carbonyl (C=O) groups excluding carboxylic acids is 1. The molecule has 98 valence electrons. The number of rotatable bonds is 3. The van der Waals surface area contributed by atoms with E-state index in [1.165, 1.54) is 5.56 Å². The molecule has 0 saturated heterocycles. The van der Waals surface area contributed by atoms with Gasteiger partial charge in [0.15, 0.2) is 0 Å². The molecule has 0 radical (unpaired) electrons. The normalized spacial score (nSPS) is 13.8. The molecule has 6 heteroatoms. The van der Waals surface area contributed by atoms with Crippen LogP contribution in [0.3, 0.4) is 0 Å². The molecule has 0 bridgehead atoms. The molecule has 1 amide bonds. The number of fused-ring (bicyclic) bond motifs is 1. The van der Waals surface area contributed by atoms with Crippen LogP contribution in [0.2, 0.25) is 0 Å². The summed E-state index contributed by atoms with van der Waals surface area (Å²) in [6.45, 7) is 0.638. The van der Waals surface area contributed by atoms with Gasteiger partial charge in [-0.15, -0.1) is 5.10 Å². The van der Waals surface area contributed by atoms with Crippen LogP contribution in [0.15, 0.2) is 24.4 Å². The zero-order valence-corrected chi connectivity index (χ0v) is 10.7. The fraction of sp³-hybridized carbons (Fsp3) is 0.308. The molecule has 2 N–H and O–H groups in total. The van der Waals surface area contributed by atoms with E-state index < -0.39 is 0 Å². The Bertz CT molecular complexity index is 619. The van der Waals surface area contributed by atoms with Gasteiger partial charge in [0.05, 0.1) is 6.54 Å². The monoisotopic (exact) mass is 257 g/mol. The Morgan fingerprint density at radius 1 is 1.42 bits per heavy atom. The maximum absolute atomic E-state index is 11.3. The van der Waals surface area contributed by atoms with Gasteiger partial charge in [0.2, 0.25) is 5.91 Å². The Morgan fingerprint density at radius 2 is 2.32 bits per heavy atom. The molecular weight excluding hydrogens is 242 g/mol. The minimum atomic E-state index is 0.0905. The summed E-state index contributed by atoms with van der Waals surface area (Å²) in [6.07, 6.45) is 3.23. The average Bonchev–Trinajstić information content (AvgIpc) is 2.82. The number of aromatic nitrogens is 3. The van der Waals surface area contributed by atoms with Gasteiger partial charge in [-0.1, -0.05) is 5.21 Å². The van der Waals surface area contributed by atoms with E-state index in [2.05, 4.69) is 27.0 Å². The van der Waals surface area contributed by atoms with Gasteiger partial charge in [0.1, 0.15) is 5.69 Å². The minimum Gasteiger partial charge on any atom is -0.379 e. The smallest absolute Gasteiger partial charge is 0.224 e. The highest BCUT2D eigenvalue weighted by Crippen LogP contribution is 2.25. The van der Waals surface area contributed by atoms with Crippen molar-refractivity contribution >= 4 is 17.3 Å². The van der Waals surface area contributed by atoms with E-state index in [0.717, 1.165) is 23.5 Å². The van der Waals surface area contributed by atoms with Crippen molar-refractivity contribution in [2.45, 2.75) is 19.4 Å². The lowest BCUT2D eigenvalue weighted by Crippen LogP contribution is -2.18. The first-order valence-electron chi connectivity index (χ1n) is 6.22. The zero-order valence-electron chi connectivity index (χ0n) is 10.7. The first-order chi connectivity index (χ1) is 9.20. The standard InChI is InChI=1S/C13H15N5O/c1-18-8-11(16-17-18)7-14-10-3-4-12-9(6-10)2-5-13(19)15-12/h3-4,6,8,14H,2,5,7H2,1H3,(H,15,19). The summed E-state index contributed by atoms with van der Waals surface area (Å²) in [5.74, 6) is 0.0905. The third-order valence-corrected chi connectivity index (χ3v) is 3.12. The molecule has 2 aromatic rings. The molecular formula is C13H15N5O. The van der Waals surface area contributed by atoms with Crippen LogP contribution >= 0.6 is 0 Å². The predicted octanol–water partition coefficient (Wildman–Crippen LogP) is 1.31. The van der Waals surface area contributed by atoms with Gasteiger partial charge in [-0.3, -0.25) is 9.48 Å². The molecule has 6 nitrogen and oxygen atoms in total. The van der Waals surface area contributed by atoms with Crippen LogP contribution in [0.5, 0.6) is 0 Å². The molecule has 3 rings (SSSR count). The summed E-state index contributed by atoms with van der Waals surface area (Å²) in [7, 11) is 1.85.